The smallest absolute Gasteiger partial charge is 0.258 e. The van der Waals surface area contributed by atoms with Gasteiger partial charge in [0.2, 0.25) is 10.0 Å². The van der Waals surface area contributed by atoms with Crippen molar-refractivity contribution >= 4 is 21.6 Å². The Morgan fingerprint density at radius 3 is 2.55 bits per heavy atom. The lowest BCUT2D eigenvalue weighted by Gasteiger charge is -2.36. The lowest BCUT2D eigenvalue weighted by Crippen LogP contribution is -2.47. The van der Waals surface area contributed by atoms with Crippen LogP contribution in [0.5, 0.6) is 5.75 Å². The first-order valence-corrected chi connectivity index (χ1v) is 15.9. The largest absolute Gasteiger partial charge is 0.490 e. The first-order chi connectivity index (χ1) is 19.0. The van der Waals surface area contributed by atoms with Crippen LogP contribution in [0.2, 0.25) is 0 Å². The number of ether oxygens (including phenoxy) is 2. The molecular weight excluding hydrogens is 530 g/mol. The topological polar surface area (TPSA) is 108 Å². The van der Waals surface area contributed by atoms with Crippen LogP contribution in [0.3, 0.4) is 0 Å². The summed E-state index contributed by atoms with van der Waals surface area (Å²) < 4.78 is 38.8. The summed E-state index contributed by atoms with van der Waals surface area (Å²) in [6.07, 6.45) is 3.36. The van der Waals surface area contributed by atoms with E-state index in [0.717, 1.165) is 32.1 Å². The summed E-state index contributed by atoms with van der Waals surface area (Å²) in [5.74, 6) is 0.0210. The Bertz CT molecular complexity index is 1190. The number of likely N-dealkylation sites (N-methyl/N-ethyl adjacent to an activating group) is 1. The summed E-state index contributed by atoms with van der Waals surface area (Å²) >= 11 is 0. The summed E-state index contributed by atoms with van der Waals surface area (Å²) in [7, 11) is -1.47. The molecule has 1 aliphatic heterocycles. The zero-order valence-electron chi connectivity index (χ0n) is 24.4. The van der Waals surface area contributed by atoms with E-state index in [2.05, 4.69) is 35.7 Å². The van der Waals surface area contributed by atoms with Gasteiger partial charge in [0.25, 0.3) is 5.91 Å². The van der Waals surface area contributed by atoms with E-state index >= 15 is 0 Å². The summed E-state index contributed by atoms with van der Waals surface area (Å²) in [5, 5.41) is 10.1. The average Bonchev–Trinajstić information content (AvgIpc) is 2.90. The van der Waals surface area contributed by atoms with Crippen molar-refractivity contribution in [1.82, 2.24) is 9.80 Å². The van der Waals surface area contributed by atoms with Gasteiger partial charge in [0.1, 0.15) is 5.75 Å². The molecule has 2 aromatic rings. The second-order valence-corrected chi connectivity index (χ2v) is 12.8. The van der Waals surface area contributed by atoms with Crippen LogP contribution in [-0.4, -0.2) is 87.1 Å². The molecule has 0 fully saturated rings. The predicted octanol–water partition coefficient (Wildman–Crippen LogP) is 3.99. The van der Waals surface area contributed by atoms with E-state index < -0.39 is 16.1 Å². The third-order valence-electron chi connectivity index (χ3n) is 7.14. The van der Waals surface area contributed by atoms with Gasteiger partial charge in [0, 0.05) is 37.8 Å². The molecule has 4 atom stereocenters. The number of nitrogens with zero attached hydrogens (tertiary/aromatic N) is 2. The minimum absolute atomic E-state index is 0.0419. The van der Waals surface area contributed by atoms with Crippen LogP contribution in [-0.2, 0) is 21.3 Å². The molecule has 0 saturated heterocycles. The number of aliphatic hydroxyl groups is 1. The van der Waals surface area contributed by atoms with Crippen LogP contribution < -0.4 is 9.46 Å². The van der Waals surface area contributed by atoms with Crippen molar-refractivity contribution in [3.8, 4) is 5.75 Å². The number of anilines is 1. The molecule has 1 amide bonds. The predicted molar refractivity (Wildman–Crippen MR) is 158 cm³/mol. The SMILES string of the molecule is C[C@@H]1CN([C@H](C)CO)C(=O)c2cc(NS(C)(=O)=O)ccc2O[C@@H](C)CCCCO[C@H]1CN(C)Cc1ccccc1. The van der Waals surface area contributed by atoms with Gasteiger partial charge in [-0.25, -0.2) is 8.42 Å². The number of carbonyl (C=O) groups excluding carboxylic acids is 1. The number of nitrogens with one attached hydrogen (secondary N) is 1. The first kappa shape index (κ1) is 31.9. The van der Waals surface area contributed by atoms with Gasteiger partial charge in [-0.15, -0.1) is 0 Å². The summed E-state index contributed by atoms with van der Waals surface area (Å²) in [6.45, 7) is 8.04. The van der Waals surface area contributed by atoms with Crippen LogP contribution >= 0.6 is 0 Å². The lowest BCUT2D eigenvalue weighted by molar-refractivity contribution is -0.0177. The molecule has 40 heavy (non-hydrogen) atoms. The van der Waals surface area contributed by atoms with Gasteiger partial charge >= 0.3 is 0 Å². The molecule has 0 radical (unpaired) electrons. The molecule has 0 bridgehead atoms. The number of sulfonamides is 1. The summed E-state index contributed by atoms with van der Waals surface area (Å²) in [6, 6.07) is 14.5. The molecular formula is C30H45N3O6S. The molecule has 2 N–H and O–H groups in total. The van der Waals surface area contributed by atoms with Crippen LogP contribution in [0.25, 0.3) is 0 Å². The van der Waals surface area contributed by atoms with Gasteiger partial charge in [-0.3, -0.25) is 14.4 Å². The zero-order valence-corrected chi connectivity index (χ0v) is 25.2. The number of rotatable bonds is 8. The Morgan fingerprint density at radius 2 is 1.88 bits per heavy atom. The minimum atomic E-state index is -3.54. The van der Waals surface area contributed by atoms with E-state index in [4.69, 9.17) is 9.47 Å². The van der Waals surface area contributed by atoms with Gasteiger partial charge < -0.3 is 19.5 Å². The van der Waals surface area contributed by atoms with Crippen molar-refractivity contribution in [3.63, 3.8) is 0 Å². The second-order valence-electron chi connectivity index (χ2n) is 11.1. The number of fused-ring (bicyclic) bond motifs is 1. The van der Waals surface area contributed by atoms with Gasteiger partial charge in [-0.05, 0) is 63.9 Å². The molecule has 0 unspecified atom stereocenters. The van der Waals surface area contributed by atoms with Crippen molar-refractivity contribution in [3.05, 3.63) is 59.7 Å². The third-order valence-corrected chi connectivity index (χ3v) is 7.75. The zero-order chi connectivity index (χ0) is 29.3. The van der Waals surface area contributed by atoms with Crippen molar-refractivity contribution in [2.24, 2.45) is 5.92 Å². The molecule has 0 saturated carbocycles. The van der Waals surface area contributed by atoms with Crippen molar-refractivity contribution in [2.45, 2.75) is 64.8 Å². The van der Waals surface area contributed by atoms with Crippen molar-refractivity contribution < 1.29 is 27.8 Å². The van der Waals surface area contributed by atoms with E-state index in [9.17, 15) is 18.3 Å². The van der Waals surface area contributed by atoms with E-state index in [1.165, 1.54) is 11.6 Å². The third kappa shape index (κ3) is 9.76. The molecule has 1 aliphatic rings. The molecule has 2 aromatic carbocycles. The van der Waals surface area contributed by atoms with Gasteiger partial charge in [-0.1, -0.05) is 37.3 Å². The molecule has 9 nitrogen and oxygen atoms in total. The van der Waals surface area contributed by atoms with E-state index in [1.807, 2.05) is 25.1 Å². The maximum Gasteiger partial charge on any atom is 0.258 e. The Labute approximate surface area is 239 Å². The number of benzene rings is 2. The van der Waals surface area contributed by atoms with E-state index in [-0.39, 0.29) is 41.9 Å². The normalized spacial score (nSPS) is 22.2. The van der Waals surface area contributed by atoms with Gasteiger partial charge in [0.15, 0.2) is 0 Å². The number of carbonyl (C=O) groups is 1. The Balaban J connectivity index is 1.92. The van der Waals surface area contributed by atoms with Gasteiger partial charge in [0.05, 0.1) is 36.7 Å². The number of aliphatic hydroxyl groups excluding tert-OH is 1. The van der Waals surface area contributed by atoms with Crippen molar-refractivity contribution in [1.29, 1.82) is 0 Å². The first-order valence-electron chi connectivity index (χ1n) is 14.0. The minimum Gasteiger partial charge on any atom is -0.490 e. The standard InChI is InChI=1S/C30H45N3O6S/c1-22-18-33(23(2)21-34)30(35)27-17-26(31-40(5,36)37)14-15-28(27)39-24(3)11-9-10-16-38-29(22)20-32(4)19-25-12-7-6-8-13-25/h6-8,12-15,17,22-24,29,31,34H,9-11,16,18-21H2,1-5H3/t22-,23-,24+,29+/m1/s1. The summed E-state index contributed by atoms with van der Waals surface area (Å²) in [4.78, 5) is 17.9. The lowest BCUT2D eigenvalue weighted by atomic mass is 10.0. The highest BCUT2D eigenvalue weighted by molar-refractivity contribution is 7.92. The van der Waals surface area contributed by atoms with Gasteiger partial charge in [-0.2, -0.15) is 0 Å². The maximum atomic E-state index is 14.1. The number of hydrogen-bond acceptors (Lipinski definition) is 7. The fourth-order valence-corrected chi connectivity index (χ4v) is 5.48. The Kier molecular flexibility index (Phi) is 11.8. The summed E-state index contributed by atoms with van der Waals surface area (Å²) in [5.41, 5.74) is 1.75. The van der Waals surface area contributed by atoms with Crippen molar-refractivity contribution in [2.75, 3.05) is 44.3 Å². The fraction of sp³-hybridized carbons (Fsp3) is 0.567. The van der Waals surface area contributed by atoms with Crippen LogP contribution in [0.4, 0.5) is 5.69 Å². The highest BCUT2D eigenvalue weighted by atomic mass is 32.2. The molecule has 0 spiro atoms. The molecule has 222 valence electrons. The van der Waals surface area contributed by atoms with E-state index in [1.54, 1.807) is 24.0 Å². The fourth-order valence-electron chi connectivity index (χ4n) is 4.93. The maximum absolute atomic E-state index is 14.1. The number of hydrogen-bond donors (Lipinski definition) is 2. The molecule has 10 heteroatoms. The number of amides is 1. The van der Waals surface area contributed by atoms with Crippen LogP contribution in [0.1, 0.15) is 56.0 Å². The quantitative estimate of drug-likeness (QED) is 0.490. The van der Waals surface area contributed by atoms with Crippen LogP contribution in [0, 0.1) is 5.92 Å². The monoisotopic (exact) mass is 575 g/mol. The molecule has 0 aliphatic carbocycles. The Hall–Kier alpha value is -2.66. The average molecular weight is 576 g/mol. The highest BCUT2D eigenvalue weighted by Gasteiger charge is 2.30. The molecule has 1 heterocycles. The second kappa shape index (κ2) is 14.8. The Morgan fingerprint density at radius 1 is 1.15 bits per heavy atom. The molecule has 3 rings (SSSR count). The van der Waals surface area contributed by atoms with Crippen LogP contribution in [0.15, 0.2) is 48.5 Å². The molecule has 0 aromatic heterocycles. The van der Waals surface area contributed by atoms with E-state index in [0.29, 0.717) is 25.4 Å². The highest BCUT2D eigenvalue weighted by Crippen LogP contribution is 2.29.